The van der Waals surface area contributed by atoms with Gasteiger partial charge < -0.3 is 9.15 Å². The minimum absolute atomic E-state index is 0.459. The van der Waals surface area contributed by atoms with E-state index in [2.05, 4.69) is 23.0 Å². The first-order valence-electron chi connectivity index (χ1n) is 11.2. The van der Waals surface area contributed by atoms with Gasteiger partial charge in [-0.25, -0.2) is 4.98 Å². The van der Waals surface area contributed by atoms with Gasteiger partial charge in [-0.15, -0.1) is 0 Å². The van der Waals surface area contributed by atoms with Crippen LogP contribution >= 0.6 is 0 Å². The third kappa shape index (κ3) is 6.82. The Hall–Kier alpha value is -1.58. The maximum atomic E-state index is 5.93. The predicted molar refractivity (Wildman–Crippen MR) is 110 cm³/mol. The molecule has 0 N–H and O–H groups in total. The van der Waals surface area contributed by atoms with Gasteiger partial charge in [-0.2, -0.15) is 4.98 Å². The van der Waals surface area contributed by atoms with Gasteiger partial charge in [-0.3, -0.25) is 0 Å². The van der Waals surface area contributed by atoms with Crippen LogP contribution in [-0.4, -0.2) is 16.6 Å². The van der Waals surface area contributed by atoms with Gasteiger partial charge in [-0.1, -0.05) is 71.1 Å². The van der Waals surface area contributed by atoms with Crippen LogP contribution in [0.1, 0.15) is 96.2 Å². The van der Waals surface area contributed by atoms with Gasteiger partial charge in [0.15, 0.2) is 0 Å². The molecule has 2 aromatic heterocycles. The number of furan rings is 1. The Morgan fingerprint density at radius 3 is 2.52 bits per heavy atom. The number of rotatable bonds is 12. The molecule has 4 nitrogen and oxygen atoms in total. The van der Waals surface area contributed by atoms with Crippen molar-refractivity contribution in [3.05, 3.63) is 18.0 Å². The van der Waals surface area contributed by atoms with Gasteiger partial charge in [0.05, 0.1) is 12.0 Å². The highest BCUT2D eigenvalue weighted by atomic mass is 16.5. The summed E-state index contributed by atoms with van der Waals surface area (Å²) in [5, 5.41) is 0.981. The molecule has 0 radical (unpaired) electrons. The first kappa shape index (κ1) is 20.2. The third-order valence-electron chi connectivity index (χ3n) is 5.75. The van der Waals surface area contributed by atoms with Crippen molar-refractivity contribution in [3.8, 4) is 6.01 Å². The van der Waals surface area contributed by atoms with Gasteiger partial charge >= 0.3 is 6.01 Å². The van der Waals surface area contributed by atoms with E-state index in [9.17, 15) is 0 Å². The fourth-order valence-corrected chi connectivity index (χ4v) is 4.04. The molecule has 0 unspecified atom stereocenters. The molecule has 0 spiro atoms. The summed E-state index contributed by atoms with van der Waals surface area (Å²) in [5.41, 5.74) is 0.665. The molecule has 0 bridgehead atoms. The molecule has 3 rings (SSSR count). The van der Waals surface area contributed by atoms with Crippen molar-refractivity contribution in [1.82, 2.24) is 9.97 Å². The van der Waals surface area contributed by atoms with E-state index >= 15 is 0 Å². The second kappa shape index (κ2) is 11.3. The van der Waals surface area contributed by atoms with Crippen molar-refractivity contribution in [1.29, 1.82) is 0 Å². The number of aryl methyl sites for hydroxylation is 1. The van der Waals surface area contributed by atoms with E-state index in [4.69, 9.17) is 9.15 Å². The number of unbranched alkanes of at least 4 members (excludes halogenated alkanes) is 7. The van der Waals surface area contributed by atoms with Crippen LogP contribution in [0.3, 0.4) is 0 Å². The van der Waals surface area contributed by atoms with Gasteiger partial charge in [0, 0.05) is 12.6 Å². The summed E-state index contributed by atoms with van der Waals surface area (Å²) in [7, 11) is 0. The summed E-state index contributed by atoms with van der Waals surface area (Å²) in [5.74, 6) is 1.68. The minimum Gasteiger partial charge on any atom is -0.463 e. The van der Waals surface area contributed by atoms with Gasteiger partial charge in [0.25, 0.3) is 0 Å². The first-order valence-corrected chi connectivity index (χ1v) is 11.2. The molecule has 150 valence electrons. The highest BCUT2D eigenvalue weighted by Crippen LogP contribution is 2.25. The molecule has 0 aliphatic heterocycles. The van der Waals surface area contributed by atoms with E-state index in [1.807, 2.05) is 6.20 Å². The summed E-state index contributed by atoms with van der Waals surface area (Å²) >= 11 is 0. The summed E-state index contributed by atoms with van der Waals surface area (Å²) in [6.45, 7) is 3.00. The number of hydrogen-bond acceptors (Lipinski definition) is 4. The fourth-order valence-electron chi connectivity index (χ4n) is 4.04. The van der Waals surface area contributed by atoms with Crippen molar-refractivity contribution >= 4 is 11.1 Å². The number of nitrogens with zero attached hydrogens (tertiary/aromatic N) is 2. The number of ether oxygens (including phenoxy) is 1. The molecule has 0 amide bonds. The van der Waals surface area contributed by atoms with Crippen molar-refractivity contribution < 1.29 is 9.15 Å². The molecule has 1 aliphatic rings. The lowest BCUT2D eigenvalue weighted by Gasteiger charge is -2.20. The average Bonchev–Trinajstić information content (AvgIpc) is 3.11. The zero-order valence-electron chi connectivity index (χ0n) is 17.0. The van der Waals surface area contributed by atoms with E-state index < -0.39 is 0 Å². The molecule has 0 saturated heterocycles. The average molecular weight is 373 g/mol. The second-order valence-corrected chi connectivity index (χ2v) is 8.17. The van der Waals surface area contributed by atoms with Crippen LogP contribution in [0.15, 0.2) is 16.7 Å². The molecule has 27 heavy (non-hydrogen) atoms. The monoisotopic (exact) mass is 372 g/mol. The van der Waals surface area contributed by atoms with Crippen LogP contribution in [0.4, 0.5) is 0 Å². The van der Waals surface area contributed by atoms with Crippen LogP contribution < -0.4 is 4.74 Å². The zero-order chi connectivity index (χ0) is 18.7. The smallest absolute Gasteiger partial charge is 0.319 e. The maximum Gasteiger partial charge on any atom is 0.319 e. The molecule has 1 saturated carbocycles. The lowest BCUT2D eigenvalue weighted by Crippen LogP contribution is -2.16. The lowest BCUT2D eigenvalue weighted by atomic mass is 9.90. The van der Waals surface area contributed by atoms with Crippen LogP contribution in [0.25, 0.3) is 11.1 Å². The van der Waals surface area contributed by atoms with Crippen molar-refractivity contribution in [2.45, 2.75) is 96.8 Å². The highest BCUT2D eigenvalue weighted by Gasteiger charge is 2.15. The topological polar surface area (TPSA) is 48.2 Å². The molecule has 2 aromatic rings. The van der Waals surface area contributed by atoms with E-state index in [1.165, 1.54) is 83.5 Å². The minimum atomic E-state index is 0.459. The zero-order valence-corrected chi connectivity index (χ0v) is 17.0. The maximum absolute atomic E-state index is 5.93. The molecule has 0 atom stereocenters. The van der Waals surface area contributed by atoms with Gasteiger partial charge in [-0.05, 0) is 31.2 Å². The number of aromatic nitrogens is 2. The predicted octanol–water partition coefficient (Wildman–Crippen LogP) is 6.87. The highest BCUT2D eigenvalue weighted by molar-refractivity contribution is 5.73. The Morgan fingerprint density at radius 2 is 1.74 bits per heavy atom. The van der Waals surface area contributed by atoms with Crippen molar-refractivity contribution in [2.75, 3.05) is 6.61 Å². The standard InChI is InChI=1S/C23H36N2O2/c1-2-3-4-5-6-7-8-12-15-21-16-20-17-24-23(25-22(20)27-21)26-18-19-13-10-9-11-14-19/h16-17,19H,2-15,18H2,1H3. The largest absolute Gasteiger partial charge is 0.463 e. The molecule has 1 fully saturated rings. The SMILES string of the molecule is CCCCCCCCCCc1cc2cnc(OCC3CCCCC3)nc2o1. The van der Waals surface area contributed by atoms with Crippen molar-refractivity contribution in [2.24, 2.45) is 5.92 Å². The fraction of sp³-hybridized carbons (Fsp3) is 0.739. The second-order valence-electron chi connectivity index (χ2n) is 8.17. The molecule has 2 heterocycles. The Balaban J connectivity index is 1.39. The molecular formula is C23H36N2O2. The summed E-state index contributed by atoms with van der Waals surface area (Å²) in [4.78, 5) is 8.82. The normalized spacial score (nSPS) is 15.4. The van der Waals surface area contributed by atoms with Crippen LogP contribution in [-0.2, 0) is 6.42 Å². The van der Waals surface area contributed by atoms with Gasteiger partial charge in [0.2, 0.25) is 5.71 Å². The van der Waals surface area contributed by atoms with E-state index in [0.29, 0.717) is 17.6 Å². The van der Waals surface area contributed by atoms with Crippen molar-refractivity contribution in [3.63, 3.8) is 0 Å². The van der Waals surface area contributed by atoms with Crippen LogP contribution in [0, 0.1) is 5.92 Å². The number of hydrogen-bond donors (Lipinski definition) is 0. The Kier molecular flexibility index (Phi) is 8.44. The first-order chi connectivity index (χ1) is 13.3. The summed E-state index contributed by atoms with van der Waals surface area (Å²) < 4.78 is 11.8. The Bertz CT molecular complexity index is 661. The van der Waals surface area contributed by atoms with E-state index in [1.54, 1.807) is 0 Å². The van der Waals surface area contributed by atoms with Crippen LogP contribution in [0.5, 0.6) is 6.01 Å². The van der Waals surface area contributed by atoms with E-state index in [0.717, 1.165) is 24.2 Å². The Labute approximate surface area is 164 Å². The van der Waals surface area contributed by atoms with Gasteiger partial charge in [0.1, 0.15) is 5.76 Å². The summed E-state index contributed by atoms with van der Waals surface area (Å²) in [6, 6.07) is 2.54. The quantitative estimate of drug-likeness (QED) is 0.382. The van der Waals surface area contributed by atoms with E-state index in [-0.39, 0.29) is 0 Å². The van der Waals surface area contributed by atoms with Crippen LogP contribution in [0.2, 0.25) is 0 Å². The molecule has 1 aliphatic carbocycles. The number of fused-ring (bicyclic) bond motifs is 1. The summed E-state index contributed by atoms with van der Waals surface area (Å²) in [6.07, 6.45) is 20.0. The molecule has 0 aromatic carbocycles. The molecule has 4 heteroatoms. The lowest BCUT2D eigenvalue weighted by molar-refractivity contribution is 0.196. The molecular weight excluding hydrogens is 336 g/mol. The third-order valence-corrected chi connectivity index (χ3v) is 5.75. The Morgan fingerprint density at radius 1 is 1.00 bits per heavy atom.